The Labute approximate surface area is 149 Å². The molecule has 0 N–H and O–H groups in total. The first-order chi connectivity index (χ1) is 12.5. The second-order valence-corrected chi connectivity index (χ2v) is 6.61. The number of amides is 1. The summed E-state index contributed by atoms with van der Waals surface area (Å²) in [6, 6.07) is 13.3. The highest BCUT2D eigenvalue weighted by atomic mass is 19.1. The van der Waals surface area contributed by atoms with Gasteiger partial charge in [-0.3, -0.25) is 9.59 Å². The maximum absolute atomic E-state index is 13.2. The van der Waals surface area contributed by atoms with Crippen LogP contribution < -0.4 is 5.56 Å². The Bertz CT molecular complexity index is 1040. The van der Waals surface area contributed by atoms with E-state index in [0.29, 0.717) is 17.3 Å². The molecule has 0 atom stereocenters. The highest BCUT2D eigenvalue weighted by Gasteiger charge is 2.34. The molecule has 0 aliphatic heterocycles. The van der Waals surface area contributed by atoms with E-state index >= 15 is 0 Å². The highest BCUT2D eigenvalue weighted by Crippen LogP contribution is 2.30. The van der Waals surface area contributed by atoms with Crippen LogP contribution in [0.15, 0.2) is 53.3 Å². The Hall–Kier alpha value is -3.02. The zero-order valence-electron chi connectivity index (χ0n) is 14.4. The predicted molar refractivity (Wildman–Crippen MR) is 96.3 cm³/mol. The van der Waals surface area contributed by atoms with Crippen molar-refractivity contribution in [3.05, 3.63) is 76.0 Å². The van der Waals surface area contributed by atoms with Crippen molar-refractivity contribution in [3.63, 3.8) is 0 Å². The number of benzene rings is 2. The van der Waals surface area contributed by atoms with Crippen molar-refractivity contribution in [1.82, 2.24) is 14.7 Å². The molecule has 1 amide bonds. The van der Waals surface area contributed by atoms with Crippen LogP contribution in [0.5, 0.6) is 0 Å². The fourth-order valence-corrected chi connectivity index (χ4v) is 3.13. The van der Waals surface area contributed by atoms with Crippen LogP contribution in [0.2, 0.25) is 0 Å². The Morgan fingerprint density at radius 2 is 1.81 bits per heavy atom. The van der Waals surface area contributed by atoms with Gasteiger partial charge in [0.1, 0.15) is 5.82 Å². The summed E-state index contributed by atoms with van der Waals surface area (Å²) in [6.45, 7) is 0.391. The molecule has 0 bridgehead atoms. The molecular weight excluding hydrogens is 333 g/mol. The Morgan fingerprint density at radius 1 is 1.15 bits per heavy atom. The molecule has 6 heteroatoms. The van der Waals surface area contributed by atoms with Crippen LogP contribution in [-0.4, -0.2) is 26.6 Å². The first-order valence-corrected chi connectivity index (χ1v) is 8.56. The van der Waals surface area contributed by atoms with E-state index in [-0.39, 0.29) is 29.0 Å². The molecule has 1 aliphatic rings. The molecule has 1 aliphatic carbocycles. The third-order valence-corrected chi connectivity index (χ3v) is 4.67. The first kappa shape index (κ1) is 16.4. The molecule has 1 fully saturated rings. The maximum Gasteiger partial charge on any atom is 0.275 e. The summed E-state index contributed by atoms with van der Waals surface area (Å²) in [5.41, 5.74) is 0.908. The second-order valence-electron chi connectivity index (χ2n) is 6.61. The molecule has 1 heterocycles. The zero-order valence-corrected chi connectivity index (χ0v) is 14.4. The van der Waals surface area contributed by atoms with Crippen LogP contribution in [-0.2, 0) is 13.6 Å². The average molecular weight is 351 g/mol. The number of aryl methyl sites for hydroxylation is 1. The van der Waals surface area contributed by atoms with Crippen LogP contribution in [0.1, 0.15) is 28.9 Å². The van der Waals surface area contributed by atoms with Crippen molar-refractivity contribution in [2.24, 2.45) is 7.05 Å². The van der Waals surface area contributed by atoms with E-state index in [4.69, 9.17) is 0 Å². The zero-order chi connectivity index (χ0) is 18.3. The summed E-state index contributed by atoms with van der Waals surface area (Å²) < 4.78 is 14.4. The number of rotatable bonds is 4. The SMILES string of the molecule is Cn1nc(C(=O)N(Cc2ccc(F)cc2)C2CC2)c2ccccc2c1=O. The summed E-state index contributed by atoms with van der Waals surface area (Å²) in [4.78, 5) is 27.3. The molecule has 0 unspecified atom stereocenters. The van der Waals surface area contributed by atoms with Gasteiger partial charge in [-0.1, -0.05) is 30.3 Å². The molecule has 26 heavy (non-hydrogen) atoms. The number of hydrogen-bond acceptors (Lipinski definition) is 3. The minimum atomic E-state index is -0.302. The highest BCUT2D eigenvalue weighted by molar-refractivity contribution is 6.05. The smallest absolute Gasteiger partial charge is 0.275 e. The maximum atomic E-state index is 13.2. The van der Waals surface area contributed by atoms with E-state index in [2.05, 4.69) is 5.10 Å². The van der Waals surface area contributed by atoms with Gasteiger partial charge in [0.25, 0.3) is 11.5 Å². The summed E-state index contributed by atoms with van der Waals surface area (Å²) in [6.07, 6.45) is 1.88. The van der Waals surface area contributed by atoms with Gasteiger partial charge in [0, 0.05) is 25.0 Å². The average Bonchev–Trinajstić information content (AvgIpc) is 3.49. The van der Waals surface area contributed by atoms with Gasteiger partial charge in [0.15, 0.2) is 5.69 Å². The van der Waals surface area contributed by atoms with Gasteiger partial charge in [-0.05, 0) is 36.6 Å². The lowest BCUT2D eigenvalue weighted by Gasteiger charge is -2.23. The molecule has 4 rings (SSSR count). The number of fused-ring (bicyclic) bond motifs is 1. The Morgan fingerprint density at radius 3 is 2.46 bits per heavy atom. The molecule has 5 nitrogen and oxygen atoms in total. The van der Waals surface area contributed by atoms with Gasteiger partial charge < -0.3 is 4.90 Å². The first-order valence-electron chi connectivity index (χ1n) is 8.56. The van der Waals surface area contributed by atoms with E-state index in [9.17, 15) is 14.0 Å². The number of hydrogen-bond donors (Lipinski definition) is 0. The van der Waals surface area contributed by atoms with E-state index < -0.39 is 0 Å². The molecule has 0 spiro atoms. The molecule has 1 aromatic heterocycles. The standard InChI is InChI=1S/C20H18FN3O2/c1-23-19(25)17-5-3-2-4-16(17)18(22-23)20(26)24(15-10-11-15)12-13-6-8-14(21)9-7-13/h2-9,15H,10-12H2,1H3. The Kier molecular flexibility index (Phi) is 4.03. The van der Waals surface area contributed by atoms with E-state index in [1.165, 1.54) is 16.8 Å². The second kappa shape index (κ2) is 6.37. The molecule has 2 aromatic carbocycles. The molecule has 3 aromatic rings. The van der Waals surface area contributed by atoms with Crippen LogP contribution >= 0.6 is 0 Å². The van der Waals surface area contributed by atoms with Crippen molar-refractivity contribution < 1.29 is 9.18 Å². The molecule has 0 radical (unpaired) electrons. The van der Waals surface area contributed by atoms with Crippen molar-refractivity contribution >= 4 is 16.7 Å². The fourth-order valence-electron chi connectivity index (χ4n) is 3.13. The quantitative estimate of drug-likeness (QED) is 0.726. The summed E-state index contributed by atoms with van der Waals surface area (Å²) in [5.74, 6) is -0.507. The predicted octanol–water partition coefficient (Wildman–Crippen LogP) is 2.88. The topological polar surface area (TPSA) is 55.2 Å². The number of carbonyl (C=O) groups is 1. The number of aromatic nitrogens is 2. The van der Waals surface area contributed by atoms with E-state index in [1.54, 1.807) is 48.3 Å². The lowest BCUT2D eigenvalue weighted by Crippen LogP contribution is -2.35. The molecule has 132 valence electrons. The summed E-state index contributed by atoms with van der Waals surface area (Å²) >= 11 is 0. The van der Waals surface area contributed by atoms with Gasteiger partial charge in [0.2, 0.25) is 0 Å². The van der Waals surface area contributed by atoms with Crippen LogP contribution in [0.3, 0.4) is 0 Å². The third-order valence-electron chi connectivity index (χ3n) is 4.67. The van der Waals surface area contributed by atoms with Crippen molar-refractivity contribution in [2.45, 2.75) is 25.4 Å². The van der Waals surface area contributed by atoms with Gasteiger partial charge in [-0.2, -0.15) is 5.10 Å². The Balaban J connectivity index is 1.75. The van der Waals surface area contributed by atoms with Gasteiger partial charge in [-0.25, -0.2) is 9.07 Å². The molecule has 1 saturated carbocycles. The lowest BCUT2D eigenvalue weighted by molar-refractivity contribution is 0.0723. The molecular formula is C20H18FN3O2. The third kappa shape index (κ3) is 2.98. The van der Waals surface area contributed by atoms with Crippen LogP contribution in [0.4, 0.5) is 4.39 Å². The summed E-state index contributed by atoms with van der Waals surface area (Å²) in [7, 11) is 1.55. The number of carbonyl (C=O) groups excluding carboxylic acids is 1. The van der Waals surface area contributed by atoms with Crippen molar-refractivity contribution in [3.8, 4) is 0 Å². The number of nitrogens with zero attached hydrogens (tertiary/aromatic N) is 3. The number of halogens is 1. The summed E-state index contributed by atoms with van der Waals surface area (Å²) in [5, 5.41) is 5.28. The van der Waals surface area contributed by atoms with Crippen molar-refractivity contribution in [2.75, 3.05) is 0 Å². The minimum absolute atomic E-state index is 0.158. The largest absolute Gasteiger partial charge is 0.330 e. The van der Waals surface area contributed by atoms with Crippen LogP contribution in [0, 0.1) is 5.82 Å². The van der Waals surface area contributed by atoms with Gasteiger partial charge >= 0.3 is 0 Å². The monoisotopic (exact) mass is 351 g/mol. The van der Waals surface area contributed by atoms with Gasteiger partial charge in [0.05, 0.1) is 5.39 Å². The fraction of sp³-hybridized carbons (Fsp3) is 0.250. The molecule has 0 saturated heterocycles. The van der Waals surface area contributed by atoms with E-state index in [0.717, 1.165) is 18.4 Å². The lowest BCUT2D eigenvalue weighted by atomic mass is 10.1. The minimum Gasteiger partial charge on any atom is -0.330 e. The normalized spacial score (nSPS) is 13.8. The van der Waals surface area contributed by atoms with Crippen LogP contribution in [0.25, 0.3) is 10.8 Å². The van der Waals surface area contributed by atoms with Gasteiger partial charge in [-0.15, -0.1) is 0 Å². The van der Waals surface area contributed by atoms with E-state index in [1.807, 2.05) is 0 Å². The van der Waals surface area contributed by atoms with Crippen molar-refractivity contribution in [1.29, 1.82) is 0 Å².